The second kappa shape index (κ2) is 7.00. The highest BCUT2D eigenvalue weighted by Crippen LogP contribution is 2.42. The average Bonchev–Trinajstić information content (AvgIpc) is 3.19. The molecule has 6 rings (SSSR count). The summed E-state index contributed by atoms with van der Waals surface area (Å²) >= 11 is 0. The second-order valence-corrected chi connectivity index (χ2v) is 8.75. The molecular formula is C25H23N3O5. The van der Waals surface area contributed by atoms with E-state index in [2.05, 4.69) is 6.08 Å². The molecule has 3 aliphatic rings. The van der Waals surface area contributed by atoms with Crippen LogP contribution in [0.15, 0.2) is 35.1 Å². The van der Waals surface area contributed by atoms with Gasteiger partial charge in [0.2, 0.25) is 0 Å². The maximum atomic E-state index is 13.5. The monoisotopic (exact) mass is 445 g/mol. The molecule has 1 aromatic carbocycles. The van der Waals surface area contributed by atoms with Gasteiger partial charge in [-0.3, -0.25) is 4.79 Å². The summed E-state index contributed by atoms with van der Waals surface area (Å²) in [6.45, 7) is 3.05. The summed E-state index contributed by atoms with van der Waals surface area (Å²) in [5, 5.41) is 12.0. The van der Waals surface area contributed by atoms with Crippen molar-refractivity contribution in [1.29, 1.82) is 0 Å². The Kier molecular flexibility index (Phi) is 4.27. The second-order valence-electron chi connectivity index (χ2n) is 8.75. The van der Waals surface area contributed by atoms with Gasteiger partial charge in [0.25, 0.3) is 5.56 Å². The number of nitrogens with two attached hydrogens (primary N) is 1. The molecule has 8 heteroatoms. The van der Waals surface area contributed by atoms with Gasteiger partial charge in [-0.15, -0.1) is 0 Å². The third kappa shape index (κ3) is 2.74. The third-order valence-corrected chi connectivity index (χ3v) is 7.00. The number of benzene rings is 1. The van der Waals surface area contributed by atoms with Crippen LogP contribution in [-0.2, 0) is 33.0 Å². The Labute approximate surface area is 189 Å². The van der Waals surface area contributed by atoms with Crippen LogP contribution in [0.25, 0.3) is 27.9 Å². The minimum atomic E-state index is -1.84. The van der Waals surface area contributed by atoms with Crippen molar-refractivity contribution >= 4 is 28.1 Å². The zero-order valence-electron chi connectivity index (χ0n) is 18.2. The van der Waals surface area contributed by atoms with E-state index in [1.165, 1.54) is 0 Å². The molecule has 0 unspecified atom stereocenters. The van der Waals surface area contributed by atoms with E-state index < -0.39 is 11.6 Å². The minimum absolute atomic E-state index is 0.108. The molecule has 0 saturated heterocycles. The van der Waals surface area contributed by atoms with Crippen molar-refractivity contribution < 1.29 is 19.4 Å². The van der Waals surface area contributed by atoms with Crippen molar-refractivity contribution in [2.45, 2.75) is 38.5 Å². The number of hydrogen-bond donors (Lipinski definition) is 2. The first-order valence-electron chi connectivity index (χ1n) is 11.1. The van der Waals surface area contributed by atoms with Gasteiger partial charge in [-0.1, -0.05) is 13.0 Å². The molecule has 3 aliphatic heterocycles. The largest absolute Gasteiger partial charge is 0.458 e. The van der Waals surface area contributed by atoms with Gasteiger partial charge in [0, 0.05) is 22.2 Å². The Bertz CT molecular complexity index is 1450. The first kappa shape index (κ1) is 20.1. The lowest BCUT2D eigenvalue weighted by molar-refractivity contribution is -0.172. The van der Waals surface area contributed by atoms with E-state index in [9.17, 15) is 14.7 Å². The van der Waals surface area contributed by atoms with Gasteiger partial charge in [-0.05, 0) is 48.2 Å². The number of carbonyl (C=O) groups is 1. The van der Waals surface area contributed by atoms with Gasteiger partial charge in [-0.25, -0.2) is 9.78 Å². The maximum absolute atomic E-state index is 13.5. The number of cyclic esters (lactones) is 1. The van der Waals surface area contributed by atoms with Crippen LogP contribution in [0, 0.1) is 0 Å². The molecule has 0 aliphatic carbocycles. The number of pyridine rings is 2. The highest BCUT2D eigenvalue weighted by atomic mass is 16.6. The Morgan fingerprint density at radius 2 is 2.09 bits per heavy atom. The van der Waals surface area contributed by atoms with E-state index in [0.717, 1.165) is 34.0 Å². The fourth-order valence-electron chi connectivity index (χ4n) is 5.22. The first-order valence-corrected chi connectivity index (χ1v) is 11.1. The van der Waals surface area contributed by atoms with Gasteiger partial charge >= 0.3 is 5.97 Å². The summed E-state index contributed by atoms with van der Waals surface area (Å²) in [4.78, 5) is 30.8. The van der Waals surface area contributed by atoms with Gasteiger partial charge < -0.3 is 24.9 Å². The summed E-state index contributed by atoms with van der Waals surface area (Å²) in [6.07, 6.45) is 2.93. The summed E-state index contributed by atoms with van der Waals surface area (Å²) in [5.74, 6) is -0.727. The number of aliphatic hydroxyl groups is 1. The Morgan fingerprint density at radius 3 is 2.85 bits per heavy atom. The maximum Gasteiger partial charge on any atom is 0.343 e. The van der Waals surface area contributed by atoms with E-state index in [-0.39, 0.29) is 18.6 Å². The number of carbonyl (C=O) groups excluding carboxylic acids is 1. The topological polar surface area (TPSA) is 117 Å². The van der Waals surface area contributed by atoms with Crippen LogP contribution in [0.4, 0.5) is 5.69 Å². The summed E-state index contributed by atoms with van der Waals surface area (Å²) in [5.41, 5.74) is 10.5. The number of hydrogen-bond acceptors (Lipinski definition) is 7. The zero-order chi connectivity index (χ0) is 22.9. The van der Waals surface area contributed by atoms with Crippen LogP contribution >= 0.6 is 0 Å². The molecule has 0 fully saturated rings. The van der Waals surface area contributed by atoms with Crippen molar-refractivity contribution in [3.63, 3.8) is 0 Å². The van der Waals surface area contributed by atoms with Gasteiger partial charge in [0.15, 0.2) is 5.60 Å². The molecule has 1 atom stereocenters. The number of anilines is 1. The molecule has 5 heterocycles. The number of rotatable bonds is 2. The molecule has 0 bridgehead atoms. The Hall–Kier alpha value is -3.49. The van der Waals surface area contributed by atoms with Gasteiger partial charge in [0.1, 0.15) is 6.61 Å². The SMILES string of the molecule is CC[C@@]1(O)C(=O)OCc2c1cc1n(c2=O)Cc2c-1nc1ccc(N)cc1c2C1=CCOCC1. The van der Waals surface area contributed by atoms with E-state index in [1.54, 1.807) is 17.6 Å². The summed E-state index contributed by atoms with van der Waals surface area (Å²) < 4.78 is 12.4. The molecule has 0 amide bonds. The van der Waals surface area contributed by atoms with Crippen LogP contribution in [0.2, 0.25) is 0 Å². The van der Waals surface area contributed by atoms with E-state index in [0.29, 0.717) is 48.0 Å². The first-order chi connectivity index (χ1) is 15.9. The van der Waals surface area contributed by atoms with Crippen LogP contribution < -0.4 is 11.3 Å². The lowest BCUT2D eigenvalue weighted by atomic mass is 9.86. The molecule has 0 spiro atoms. The van der Waals surface area contributed by atoms with Crippen molar-refractivity contribution in [3.8, 4) is 11.4 Å². The summed E-state index contributed by atoms with van der Waals surface area (Å²) in [6, 6.07) is 7.36. The van der Waals surface area contributed by atoms with Crippen molar-refractivity contribution in [3.05, 3.63) is 62.9 Å². The van der Waals surface area contributed by atoms with Crippen molar-refractivity contribution in [2.24, 2.45) is 0 Å². The van der Waals surface area contributed by atoms with Crippen molar-refractivity contribution in [1.82, 2.24) is 9.55 Å². The fraction of sp³-hybridized carbons (Fsp3) is 0.320. The van der Waals surface area contributed by atoms with Crippen LogP contribution in [0.5, 0.6) is 0 Å². The highest BCUT2D eigenvalue weighted by molar-refractivity contribution is 5.98. The van der Waals surface area contributed by atoms with Gasteiger partial charge in [0.05, 0.1) is 42.2 Å². The number of nitrogens with zero attached hydrogens (tertiary/aromatic N) is 2. The fourth-order valence-corrected chi connectivity index (χ4v) is 5.22. The average molecular weight is 445 g/mol. The number of fused-ring (bicyclic) bond motifs is 5. The molecule has 3 aromatic rings. The van der Waals surface area contributed by atoms with Crippen molar-refractivity contribution in [2.75, 3.05) is 18.9 Å². The minimum Gasteiger partial charge on any atom is -0.458 e. The third-order valence-electron chi connectivity index (χ3n) is 7.00. The molecule has 33 heavy (non-hydrogen) atoms. The molecule has 168 valence electrons. The van der Waals surface area contributed by atoms with E-state index >= 15 is 0 Å². The zero-order valence-corrected chi connectivity index (χ0v) is 18.2. The number of ether oxygens (including phenoxy) is 2. The predicted octanol–water partition coefficient (Wildman–Crippen LogP) is 2.47. The van der Waals surface area contributed by atoms with E-state index in [1.807, 2.05) is 18.2 Å². The van der Waals surface area contributed by atoms with E-state index in [4.69, 9.17) is 20.2 Å². The van der Waals surface area contributed by atoms with Crippen LogP contribution in [-0.4, -0.2) is 33.8 Å². The smallest absolute Gasteiger partial charge is 0.343 e. The lowest BCUT2D eigenvalue weighted by Crippen LogP contribution is -2.44. The Balaban J connectivity index is 1.67. The molecule has 8 nitrogen and oxygen atoms in total. The highest BCUT2D eigenvalue weighted by Gasteiger charge is 2.45. The number of aromatic nitrogens is 2. The van der Waals surface area contributed by atoms with Crippen LogP contribution in [0.3, 0.4) is 0 Å². The normalized spacial score (nSPS) is 21.3. The quantitative estimate of drug-likeness (QED) is 0.360. The molecule has 0 saturated carbocycles. The van der Waals surface area contributed by atoms with Crippen LogP contribution in [0.1, 0.15) is 42.0 Å². The number of nitrogen functional groups attached to an aromatic ring is 1. The molecular weight excluding hydrogens is 422 g/mol. The molecule has 3 N–H and O–H groups in total. The standard InChI is InChI=1S/C25H23N3O5/c1-2-25(31)18-10-20-22-16(11-28(20)23(29)17(18)12-33-24(25)30)21(13-5-7-32-8-6-13)15-9-14(26)3-4-19(15)27-22/h3-5,9-10,31H,2,6-8,11-12,26H2,1H3/t25-/m0/s1. The molecule has 0 radical (unpaired) electrons. The summed E-state index contributed by atoms with van der Waals surface area (Å²) in [7, 11) is 0. The predicted molar refractivity (Wildman–Crippen MR) is 122 cm³/mol. The number of esters is 1. The lowest BCUT2D eigenvalue weighted by Gasteiger charge is -2.31. The van der Waals surface area contributed by atoms with Gasteiger partial charge in [-0.2, -0.15) is 0 Å². The molecule has 2 aromatic heterocycles. The Morgan fingerprint density at radius 1 is 1.24 bits per heavy atom.